The molecule has 2 aromatic heterocycles. The van der Waals surface area contributed by atoms with E-state index in [1.165, 1.54) is 27.5 Å². The van der Waals surface area contributed by atoms with Crippen LogP contribution in [0, 0.1) is 0 Å². The van der Waals surface area contributed by atoms with Crippen molar-refractivity contribution in [1.29, 1.82) is 0 Å². The zero-order chi connectivity index (χ0) is 32.3. The van der Waals surface area contributed by atoms with Crippen molar-refractivity contribution in [2.45, 2.75) is 12.3 Å². The largest absolute Gasteiger partial charge is 0.455 e. The monoisotopic (exact) mass is 626 g/mol. The maximum atomic E-state index is 6.47. The molecule has 0 saturated carbocycles. The molecule has 0 aliphatic heterocycles. The second kappa shape index (κ2) is 11.1. The lowest BCUT2D eigenvalue weighted by Crippen LogP contribution is -2.08. The third kappa shape index (κ3) is 4.51. The second-order valence-corrected chi connectivity index (χ2v) is 12.9. The summed E-state index contributed by atoms with van der Waals surface area (Å²) in [4.78, 5) is 11.1. The zero-order valence-electron chi connectivity index (χ0n) is 26.7. The highest BCUT2D eigenvalue weighted by Crippen LogP contribution is 2.43. The van der Waals surface area contributed by atoms with Crippen LogP contribution in [-0.2, 0) is 0 Å². The highest BCUT2D eigenvalue weighted by atomic mass is 16.3. The smallest absolute Gasteiger partial charge is 0.142 e. The summed E-state index contributed by atoms with van der Waals surface area (Å²) in [5, 5.41) is 6.92. The molecule has 9 aromatic rings. The van der Waals surface area contributed by atoms with Crippen molar-refractivity contribution in [2.75, 3.05) is 0 Å². The molecule has 1 aliphatic carbocycles. The van der Waals surface area contributed by atoms with Crippen molar-refractivity contribution in [2.24, 2.45) is 0 Å². The fourth-order valence-corrected chi connectivity index (χ4v) is 7.66. The standard InChI is InChI=1S/C46H30N2O/c1-2-12-29(13-3-1)30-24-26-31(27-25-30)42-43(48-45-39-20-7-5-17-36(39)35-16-4-6-19-38(35)44(45)47-42)33-15-10-14-32(28-33)34-21-11-22-40-37-18-8-9-23-41(37)49-46(34)40/h1-27,33H,28H2. The van der Waals surface area contributed by atoms with Crippen molar-refractivity contribution in [3.8, 4) is 22.4 Å². The minimum absolute atomic E-state index is 0.0190. The average Bonchev–Trinajstić information content (AvgIpc) is 3.57. The average molecular weight is 627 g/mol. The molecular formula is C46H30N2O. The molecule has 0 amide bonds. The number of rotatable bonds is 4. The van der Waals surface area contributed by atoms with Crippen LogP contribution >= 0.6 is 0 Å². The summed E-state index contributed by atoms with van der Waals surface area (Å²) in [6.45, 7) is 0. The molecule has 2 heterocycles. The summed E-state index contributed by atoms with van der Waals surface area (Å²) in [5.41, 5.74) is 11.4. The summed E-state index contributed by atoms with van der Waals surface area (Å²) < 4.78 is 6.47. The van der Waals surface area contributed by atoms with Gasteiger partial charge in [0.2, 0.25) is 0 Å². The zero-order valence-corrected chi connectivity index (χ0v) is 26.7. The number of nitrogens with zero attached hydrogens (tertiary/aromatic N) is 2. The maximum Gasteiger partial charge on any atom is 0.142 e. The van der Waals surface area contributed by atoms with Crippen LogP contribution in [0.25, 0.3) is 82.5 Å². The molecule has 230 valence electrons. The minimum Gasteiger partial charge on any atom is -0.455 e. The van der Waals surface area contributed by atoms with Crippen LogP contribution in [0.4, 0.5) is 0 Å². The van der Waals surface area contributed by atoms with Gasteiger partial charge in [-0.2, -0.15) is 0 Å². The van der Waals surface area contributed by atoms with Crippen LogP contribution in [0.5, 0.6) is 0 Å². The van der Waals surface area contributed by atoms with Gasteiger partial charge in [0, 0.05) is 38.6 Å². The first-order valence-corrected chi connectivity index (χ1v) is 16.8. The molecule has 0 spiro atoms. The molecule has 0 N–H and O–H groups in total. The van der Waals surface area contributed by atoms with E-state index in [0.29, 0.717) is 0 Å². The van der Waals surface area contributed by atoms with Crippen LogP contribution < -0.4 is 0 Å². The quantitative estimate of drug-likeness (QED) is 0.182. The molecule has 10 rings (SSSR count). The Labute approximate surface area is 283 Å². The predicted octanol–water partition coefficient (Wildman–Crippen LogP) is 12.3. The second-order valence-electron chi connectivity index (χ2n) is 12.9. The number of furan rings is 1. The van der Waals surface area contributed by atoms with Crippen molar-refractivity contribution < 1.29 is 4.42 Å². The summed E-state index contributed by atoms with van der Waals surface area (Å²) in [6.07, 6.45) is 7.47. The molecule has 0 radical (unpaired) electrons. The van der Waals surface area contributed by atoms with E-state index >= 15 is 0 Å². The topological polar surface area (TPSA) is 38.9 Å². The maximum absolute atomic E-state index is 6.47. The van der Waals surface area contributed by atoms with Gasteiger partial charge in [-0.15, -0.1) is 0 Å². The first-order valence-electron chi connectivity index (χ1n) is 16.8. The molecule has 1 aliphatic rings. The van der Waals surface area contributed by atoms with Crippen LogP contribution in [0.2, 0.25) is 0 Å². The van der Waals surface area contributed by atoms with Gasteiger partial charge in [0.25, 0.3) is 0 Å². The Morgan fingerprint density at radius 3 is 1.84 bits per heavy atom. The normalized spacial score (nSPS) is 14.7. The van der Waals surface area contributed by atoms with Gasteiger partial charge in [-0.25, -0.2) is 9.97 Å². The SMILES string of the molecule is C1=CC(c2nc3c4ccccc4c4ccccc4c3nc2-c2ccc(-c3ccccc3)cc2)CC(c2cccc3c2oc2ccccc23)=C1. The number of hydrogen-bond acceptors (Lipinski definition) is 3. The van der Waals surface area contributed by atoms with Crippen LogP contribution in [0.15, 0.2) is 168 Å². The van der Waals surface area contributed by atoms with E-state index < -0.39 is 0 Å². The summed E-state index contributed by atoms with van der Waals surface area (Å²) in [6, 6.07) is 51.2. The first-order chi connectivity index (χ1) is 24.3. The Morgan fingerprint density at radius 1 is 0.490 bits per heavy atom. The molecule has 1 atom stereocenters. The highest BCUT2D eigenvalue weighted by Gasteiger charge is 2.25. The lowest BCUT2D eigenvalue weighted by molar-refractivity contribution is 0.667. The van der Waals surface area contributed by atoms with E-state index in [2.05, 4.69) is 152 Å². The van der Waals surface area contributed by atoms with E-state index in [1.54, 1.807) is 0 Å². The molecule has 49 heavy (non-hydrogen) atoms. The van der Waals surface area contributed by atoms with E-state index in [-0.39, 0.29) is 5.92 Å². The van der Waals surface area contributed by atoms with E-state index in [0.717, 1.165) is 72.7 Å². The van der Waals surface area contributed by atoms with Gasteiger partial charge < -0.3 is 4.42 Å². The van der Waals surface area contributed by atoms with Gasteiger partial charge in [0.1, 0.15) is 11.2 Å². The number of benzene rings is 7. The highest BCUT2D eigenvalue weighted by molar-refractivity contribution is 6.23. The van der Waals surface area contributed by atoms with Crippen LogP contribution in [0.3, 0.4) is 0 Å². The van der Waals surface area contributed by atoms with Gasteiger partial charge in [-0.3, -0.25) is 0 Å². The van der Waals surface area contributed by atoms with Gasteiger partial charge in [0.05, 0.1) is 22.4 Å². The molecule has 3 nitrogen and oxygen atoms in total. The third-order valence-corrected chi connectivity index (χ3v) is 10.0. The first kappa shape index (κ1) is 27.8. The number of allylic oxidation sites excluding steroid dienone is 4. The lowest BCUT2D eigenvalue weighted by Gasteiger charge is -2.22. The van der Waals surface area contributed by atoms with Gasteiger partial charge >= 0.3 is 0 Å². The van der Waals surface area contributed by atoms with Crippen molar-refractivity contribution >= 4 is 60.1 Å². The van der Waals surface area contributed by atoms with Crippen molar-refractivity contribution in [1.82, 2.24) is 9.97 Å². The van der Waals surface area contributed by atoms with Crippen LogP contribution in [-0.4, -0.2) is 9.97 Å². The van der Waals surface area contributed by atoms with Crippen LogP contribution in [0.1, 0.15) is 23.6 Å². The third-order valence-electron chi connectivity index (χ3n) is 10.0. The molecule has 3 heteroatoms. The lowest BCUT2D eigenvalue weighted by atomic mass is 9.85. The summed E-state index contributed by atoms with van der Waals surface area (Å²) in [7, 11) is 0. The Hall–Kier alpha value is -6.32. The van der Waals surface area contributed by atoms with E-state index in [4.69, 9.17) is 14.4 Å². The molecule has 1 unspecified atom stereocenters. The van der Waals surface area contributed by atoms with Gasteiger partial charge in [-0.1, -0.05) is 158 Å². The Bertz CT molecular complexity index is 2790. The fourth-order valence-electron chi connectivity index (χ4n) is 7.66. The fraction of sp³-hybridized carbons (Fsp3) is 0.0435. The minimum atomic E-state index is 0.0190. The van der Waals surface area contributed by atoms with Gasteiger partial charge in [-0.05, 0) is 40.0 Å². The van der Waals surface area contributed by atoms with Gasteiger partial charge in [0.15, 0.2) is 0 Å². The summed E-state index contributed by atoms with van der Waals surface area (Å²) >= 11 is 0. The summed E-state index contributed by atoms with van der Waals surface area (Å²) in [5.74, 6) is 0.0190. The Balaban J connectivity index is 1.17. The van der Waals surface area contributed by atoms with Crippen molar-refractivity contribution in [3.05, 3.63) is 175 Å². The molecule has 0 fully saturated rings. The molecular weight excluding hydrogens is 597 g/mol. The van der Waals surface area contributed by atoms with Crippen molar-refractivity contribution in [3.63, 3.8) is 0 Å². The Morgan fingerprint density at radius 2 is 1.08 bits per heavy atom. The van der Waals surface area contributed by atoms with E-state index in [9.17, 15) is 0 Å². The van der Waals surface area contributed by atoms with E-state index in [1.807, 2.05) is 12.1 Å². The predicted molar refractivity (Wildman–Crippen MR) is 204 cm³/mol. The number of hydrogen-bond donors (Lipinski definition) is 0. The Kier molecular flexibility index (Phi) is 6.31. The molecule has 7 aromatic carbocycles. The number of fused-ring (bicyclic) bond motifs is 9. The molecule has 0 bridgehead atoms. The molecule has 0 saturated heterocycles. The number of aromatic nitrogens is 2. The number of para-hydroxylation sites is 2.